The minimum absolute atomic E-state index is 0. The van der Waals surface area contributed by atoms with Crippen molar-refractivity contribution in [3.63, 3.8) is 0 Å². The maximum Gasteiger partial charge on any atom is 0.239 e. The Labute approximate surface area is 214 Å². The van der Waals surface area contributed by atoms with Gasteiger partial charge in [-0.2, -0.15) is 9.68 Å². The van der Waals surface area contributed by atoms with Crippen molar-refractivity contribution >= 4 is 39.3 Å². The lowest BCUT2D eigenvalue weighted by Crippen LogP contribution is -3.00. The fourth-order valence-electron chi connectivity index (χ4n) is 4.63. The summed E-state index contributed by atoms with van der Waals surface area (Å²) in [5.74, 6) is 0.344. The molecule has 1 aliphatic rings. The van der Waals surface area contributed by atoms with Crippen LogP contribution in [0.25, 0.3) is 33.6 Å². The largest absolute Gasteiger partial charge is 1.00 e. The topological polar surface area (TPSA) is 87.7 Å². The highest BCUT2D eigenvalue weighted by molar-refractivity contribution is 5.95. The summed E-state index contributed by atoms with van der Waals surface area (Å²) >= 11 is 0. The number of phenolic OH excluding ortho intramolecular Hbond substituents is 1. The summed E-state index contributed by atoms with van der Waals surface area (Å²) in [6, 6.07) is 27.4. The van der Waals surface area contributed by atoms with Gasteiger partial charge in [0.25, 0.3) is 0 Å². The maximum atomic E-state index is 10.4. The zero-order valence-corrected chi connectivity index (χ0v) is 20.4. The lowest BCUT2D eigenvalue weighted by molar-refractivity contribution is -0.570. The Morgan fingerprint density at radius 2 is 1.72 bits per heavy atom. The molecule has 0 saturated carbocycles. The number of phenols is 1. The molecule has 7 heteroatoms. The van der Waals surface area contributed by atoms with Crippen LogP contribution in [0.2, 0.25) is 0 Å². The van der Waals surface area contributed by atoms with Gasteiger partial charge in [-0.15, -0.1) is 5.11 Å². The van der Waals surface area contributed by atoms with Crippen molar-refractivity contribution in [2.24, 2.45) is 21.9 Å². The molecule has 4 aromatic carbocycles. The number of halogens is 1. The van der Waals surface area contributed by atoms with E-state index in [0.29, 0.717) is 11.4 Å². The molecular formula is C29H24ClN5O. The number of fused-ring (bicyclic) bond motifs is 3. The molecule has 1 atom stereocenters. The van der Waals surface area contributed by atoms with Gasteiger partial charge in [0.05, 0.1) is 5.69 Å². The fraction of sp³-hybridized carbons (Fsp3) is 0.103. The van der Waals surface area contributed by atoms with Gasteiger partial charge in [0.15, 0.2) is 0 Å². The maximum absolute atomic E-state index is 10.4. The van der Waals surface area contributed by atoms with E-state index >= 15 is 0 Å². The van der Waals surface area contributed by atoms with Gasteiger partial charge in [0.1, 0.15) is 22.6 Å². The third-order valence-corrected chi connectivity index (χ3v) is 6.52. The third-order valence-electron chi connectivity index (χ3n) is 6.52. The predicted molar refractivity (Wildman–Crippen MR) is 138 cm³/mol. The molecule has 6 nitrogen and oxygen atoms in total. The average Bonchev–Trinajstić information content (AvgIpc) is 2.88. The first-order chi connectivity index (χ1) is 17.1. The molecule has 3 N–H and O–H groups in total. The zero-order valence-electron chi connectivity index (χ0n) is 19.6. The Balaban J connectivity index is 0.00000267. The molecule has 6 rings (SSSR count). The number of hydrogen-bond donors (Lipinski definition) is 2. The van der Waals surface area contributed by atoms with Crippen LogP contribution in [-0.2, 0) is 6.42 Å². The molecule has 178 valence electrons. The summed E-state index contributed by atoms with van der Waals surface area (Å²) in [5.41, 5.74) is 13.1. The van der Waals surface area contributed by atoms with Gasteiger partial charge in [0, 0.05) is 47.7 Å². The van der Waals surface area contributed by atoms with Crippen LogP contribution in [0.4, 0.5) is 11.4 Å². The first kappa shape index (κ1) is 23.5. The van der Waals surface area contributed by atoms with Gasteiger partial charge < -0.3 is 23.2 Å². The number of allylic oxidation sites excluding steroid dienone is 1. The Morgan fingerprint density at radius 3 is 2.56 bits per heavy atom. The molecule has 0 radical (unpaired) electrons. The Hall–Kier alpha value is -4.29. The summed E-state index contributed by atoms with van der Waals surface area (Å²) in [7, 11) is 0. The number of para-hydroxylation sites is 1. The molecule has 0 fully saturated rings. The quantitative estimate of drug-likeness (QED) is 0.298. The van der Waals surface area contributed by atoms with Crippen LogP contribution in [0.3, 0.4) is 0 Å². The van der Waals surface area contributed by atoms with Crippen molar-refractivity contribution in [2.45, 2.75) is 13.3 Å². The van der Waals surface area contributed by atoms with Crippen molar-refractivity contribution in [3.8, 4) is 11.4 Å². The van der Waals surface area contributed by atoms with Crippen molar-refractivity contribution in [3.05, 3.63) is 102 Å². The van der Waals surface area contributed by atoms with Crippen LogP contribution in [0, 0.1) is 5.92 Å². The average molecular weight is 494 g/mol. The van der Waals surface area contributed by atoms with E-state index in [-0.39, 0.29) is 24.1 Å². The number of hydrogen-bond acceptors (Lipinski definition) is 5. The number of aromatic nitrogens is 2. The molecule has 0 aliphatic heterocycles. The molecule has 1 aromatic heterocycles. The van der Waals surface area contributed by atoms with E-state index in [0.717, 1.165) is 51.0 Å². The molecule has 1 heterocycles. The van der Waals surface area contributed by atoms with E-state index < -0.39 is 0 Å². The summed E-state index contributed by atoms with van der Waals surface area (Å²) in [5, 5.41) is 21.2. The van der Waals surface area contributed by atoms with Crippen LogP contribution in [0.15, 0.2) is 101 Å². The van der Waals surface area contributed by atoms with Crippen LogP contribution < -0.4 is 22.7 Å². The first-order valence-electron chi connectivity index (χ1n) is 11.6. The van der Waals surface area contributed by atoms with Crippen LogP contribution in [0.5, 0.6) is 5.75 Å². The highest BCUT2D eigenvalue weighted by atomic mass is 35.5. The van der Waals surface area contributed by atoms with Gasteiger partial charge in [-0.05, 0) is 23.6 Å². The van der Waals surface area contributed by atoms with E-state index in [4.69, 9.17) is 10.7 Å². The first-order valence-corrected chi connectivity index (χ1v) is 11.6. The minimum Gasteiger partial charge on any atom is -1.00 e. The van der Waals surface area contributed by atoms with Crippen molar-refractivity contribution in [1.29, 1.82) is 0 Å². The van der Waals surface area contributed by atoms with Gasteiger partial charge in [-0.25, -0.2) is 4.98 Å². The number of azo groups is 1. The van der Waals surface area contributed by atoms with E-state index in [1.807, 2.05) is 72.8 Å². The fourth-order valence-corrected chi connectivity index (χ4v) is 4.63. The highest BCUT2D eigenvalue weighted by Crippen LogP contribution is 2.36. The van der Waals surface area contributed by atoms with Crippen molar-refractivity contribution < 1.29 is 22.1 Å². The van der Waals surface area contributed by atoms with Crippen LogP contribution in [-0.4, -0.2) is 10.1 Å². The zero-order chi connectivity index (χ0) is 23.9. The van der Waals surface area contributed by atoms with Crippen molar-refractivity contribution in [2.75, 3.05) is 0 Å². The highest BCUT2D eigenvalue weighted by Gasteiger charge is 2.29. The van der Waals surface area contributed by atoms with E-state index in [1.165, 1.54) is 0 Å². The molecule has 0 spiro atoms. The molecule has 5 aromatic rings. The smallest absolute Gasteiger partial charge is 0.239 e. The minimum atomic E-state index is 0. The van der Waals surface area contributed by atoms with E-state index in [1.54, 1.807) is 6.07 Å². The lowest BCUT2D eigenvalue weighted by atomic mass is 9.94. The van der Waals surface area contributed by atoms with Crippen molar-refractivity contribution in [1.82, 2.24) is 4.98 Å². The Bertz CT molecular complexity index is 1660. The monoisotopic (exact) mass is 493 g/mol. The van der Waals surface area contributed by atoms with Gasteiger partial charge in [-0.1, -0.05) is 55.5 Å². The standard InChI is InChI=1S/C29H23N5O.ClH/c1-18-15-25-27(17-23(18)30)34(21-8-3-2-4-9-21)26-16-20(12-13-24(26)31-25)32-33-29-22-10-6-5-7-19(22)11-14-28(29)35;/h2-14,16-18H,15H2,1H3,(H2,30,32,35);1H. The third kappa shape index (κ3) is 4.06. The predicted octanol–water partition coefficient (Wildman–Crippen LogP) is 3.28. The lowest BCUT2D eigenvalue weighted by Gasteiger charge is -2.18. The van der Waals surface area contributed by atoms with Gasteiger partial charge in [0.2, 0.25) is 16.9 Å². The second kappa shape index (κ2) is 9.40. The Morgan fingerprint density at radius 1 is 0.944 bits per heavy atom. The number of benzene rings is 4. The number of rotatable bonds is 3. The SMILES string of the molecule is CC1Cc2nc3ccc(N=Nc4c(O)ccc5ccccc45)cc3[n+](-c3ccccc3)c2C=C1N.[Cl-]. The number of aromatic hydroxyl groups is 1. The van der Waals surface area contributed by atoms with E-state index in [9.17, 15) is 5.11 Å². The molecule has 1 unspecified atom stereocenters. The summed E-state index contributed by atoms with van der Waals surface area (Å²) in [6.07, 6.45) is 2.83. The normalized spacial score (nSPS) is 15.0. The van der Waals surface area contributed by atoms with Gasteiger partial charge >= 0.3 is 0 Å². The molecular weight excluding hydrogens is 470 g/mol. The Kier molecular flexibility index (Phi) is 6.12. The molecule has 1 aliphatic carbocycles. The molecule has 0 amide bonds. The summed E-state index contributed by atoms with van der Waals surface area (Å²) < 4.78 is 2.19. The van der Waals surface area contributed by atoms with E-state index in [2.05, 4.69) is 33.9 Å². The summed E-state index contributed by atoms with van der Waals surface area (Å²) in [4.78, 5) is 4.97. The second-order valence-electron chi connectivity index (χ2n) is 8.89. The molecule has 0 saturated heterocycles. The number of nitrogens with zero attached hydrogens (tertiary/aromatic N) is 4. The molecule has 0 bridgehead atoms. The number of nitrogens with two attached hydrogens (primary N) is 1. The van der Waals surface area contributed by atoms with Gasteiger partial charge in [-0.3, -0.25) is 0 Å². The molecule has 36 heavy (non-hydrogen) atoms. The van der Waals surface area contributed by atoms with Crippen LogP contribution in [0.1, 0.15) is 18.3 Å². The van der Waals surface area contributed by atoms with Crippen LogP contribution >= 0.6 is 0 Å². The summed E-state index contributed by atoms with van der Waals surface area (Å²) in [6.45, 7) is 2.12. The second-order valence-corrected chi connectivity index (χ2v) is 8.89.